The van der Waals surface area contributed by atoms with Crippen LogP contribution in [0.1, 0.15) is 5.56 Å². The number of amides is 2. The zero-order valence-electron chi connectivity index (χ0n) is 13.1. The zero-order valence-corrected chi connectivity index (χ0v) is 17.4. The summed E-state index contributed by atoms with van der Waals surface area (Å²) in [5.74, 6) is -1.15. The Bertz CT molecular complexity index is 842. The molecule has 0 aliphatic carbocycles. The van der Waals surface area contributed by atoms with Crippen molar-refractivity contribution in [3.63, 3.8) is 0 Å². The average Bonchev–Trinajstić information content (AvgIpc) is 2.58. The average molecular weight is 581 g/mol. The lowest BCUT2D eigenvalue weighted by atomic mass is 10.1. The molecule has 10 heteroatoms. The molecule has 0 aromatic heterocycles. The summed E-state index contributed by atoms with van der Waals surface area (Å²) in [5.41, 5.74) is 1.04. The van der Waals surface area contributed by atoms with Crippen LogP contribution in [0.25, 0.3) is 0 Å². The van der Waals surface area contributed by atoms with Crippen LogP contribution in [0, 0.1) is 17.3 Å². The molecule has 0 bridgehead atoms. The number of non-ortho nitro benzene ring substituents is 1. The fraction of sp³-hybridized carbons (Fsp3) is 0.125. The fourth-order valence-corrected chi connectivity index (χ4v) is 3.25. The van der Waals surface area contributed by atoms with Crippen molar-refractivity contribution >= 4 is 68.6 Å². The van der Waals surface area contributed by atoms with Crippen LogP contribution in [0.15, 0.2) is 42.5 Å². The first-order chi connectivity index (χ1) is 12.3. The number of carboxylic acid groups (broad SMARTS) is 1. The van der Waals surface area contributed by atoms with E-state index in [1.807, 2.05) is 18.2 Å². The van der Waals surface area contributed by atoms with Gasteiger partial charge in [0.05, 0.1) is 4.92 Å². The molecule has 0 fully saturated rings. The Morgan fingerprint density at radius 1 is 1.15 bits per heavy atom. The SMILES string of the molecule is O=C(Nc1ccc([N+](=O)[O-])cc1)NC(Cc1cccc(I)c1I)C(=O)O. The third-order valence-corrected chi connectivity index (χ3v) is 6.60. The Morgan fingerprint density at radius 2 is 1.81 bits per heavy atom. The summed E-state index contributed by atoms with van der Waals surface area (Å²) in [4.78, 5) is 33.6. The van der Waals surface area contributed by atoms with Crippen molar-refractivity contribution in [1.82, 2.24) is 5.32 Å². The van der Waals surface area contributed by atoms with Gasteiger partial charge in [-0.05, 0) is 68.9 Å². The zero-order chi connectivity index (χ0) is 19.3. The molecular weight excluding hydrogens is 568 g/mol. The van der Waals surface area contributed by atoms with Gasteiger partial charge in [-0.25, -0.2) is 9.59 Å². The summed E-state index contributed by atoms with van der Waals surface area (Å²) in [6, 6.07) is 8.98. The number of rotatable bonds is 6. The highest BCUT2D eigenvalue weighted by Crippen LogP contribution is 2.21. The van der Waals surface area contributed by atoms with E-state index in [2.05, 4.69) is 55.8 Å². The minimum atomic E-state index is -1.15. The number of hydrogen-bond donors (Lipinski definition) is 3. The van der Waals surface area contributed by atoms with Gasteiger partial charge in [-0.2, -0.15) is 0 Å². The highest BCUT2D eigenvalue weighted by molar-refractivity contribution is 14.1. The van der Waals surface area contributed by atoms with Gasteiger partial charge in [0.2, 0.25) is 0 Å². The molecular formula is C16H13I2N3O5. The first-order valence-corrected chi connectivity index (χ1v) is 9.41. The Balaban J connectivity index is 2.04. The molecule has 1 unspecified atom stereocenters. The number of nitrogens with one attached hydrogen (secondary N) is 2. The van der Waals surface area contributed by atoms with Gasteiger partial charge in [0.1, 0.15) is 6.04 Å². The number of carbonyl (C=O) groups is 2. The normalized spacial score (nSPS) is 11.5. The molecule has 2 aromatic carbocycles. The van der Waals surface area contributed by atoms with Crippen LogP contribution in [0.2, 0.25) is 0 Å². The largest absolute Gasteiger partial charge is 0.480 e. The molecule has 2 aromatic rings. The van der Waals surface area contributed by atoms with Crippen LogP contribution in [0.4, 0.5) is 16.2 Å². The summed E-state index contributed by atoms with van der Waals surface area (Å²) in [7, 11) is 0. The topological polar surface area (TPSA) is 122 Å². The van der Waals surface area contributed by atoms with E-state index in [4.69, 9.17) is 0 Å². The maximum Gasteiger partial charge on any atom is 0.326 e. The quantitative estimate of drug-likeness (QED) is 0.274. The first kappa shape index (κ1) is 20.4. The summed E-state index contributed by atoms with van der Waals surface area (Å²) in [6.45, 7) is 0. The lowest BCUT2D eigenvalue weighted by Crippen LogP contribution is -2.44. The standard InChI is InChI=1S/C16H13I2N3O5/c17-12-3-1-2-9(14(12)18)8-13(15(22)23)20-16(24)19-10-4-6-11(7-5-10)21(25)26/h1-7,13H,8H2,(H,22,23)(H2,19,20,24). The van der Waals surface area contributed by atoms with E-state index < -0.39 is 23.0 Å². The predicted molar refractivity (Wildman–Crippen MR) is 112 cm³/mol. The lowest BCUT2D eigenvalue weighted by molar-refractivity contribution is -0.384. The number of urea groups is 1. The second-order valence-corrected chi connectivity index (χ2v) is 7.45. The summed E-state index contributed by atoms with van der Waals surface area (Å²) >= 11 is 4.30. The van der Waals surface area contributed by atoms with E-state index in [9.17, 15) is 24.8 Å². The van der Waals surface area contributed by atoms with Crippen LogP contribution < -0.4 is 10.6 Å². The van der Waals surface area contributed by atoms with Crippen LogP contribution in [0.3, 0.4) is 0 Å². The number of carboxylic acids is 1. The summed E-state index contributed by atoms with van der Waals surface area (Å²) < 4.78 is 1.94. The molecule has 2 amide bonds. The maximum absolute atomic E-state index is 12.1. The monoisotopic (exact) mass is 581 g/mol. The Hall–Kier alpha value is -1.96. The van der Waals surface area contributed by atoms with Crippen molar-refractivity contribution < 1.29 is 19.6 Å². The van der Waals surface area contributed by atoms with Crippen LogP contribution in [-0.2, 0) is 11.2 Å². The van der Waals surface area contributed by atoms with Crippen molar-refractivity contribution in [3.05, 3.63) is 65.3 Å². The molecule has 0 aliphatic heterocycles. The number of aliphatic carboxylic acids is 1. The smallest absolute Gasteiger partial charge is 0.326 e. The minimum absolute atomic E-state index is 0.104. The van der Waals surface area contributed by atoms with Gasteiger partial charge in [0, 0.05) is 31.4 Å². The van der Waals surface area contributed by atoms with Crippen molar-refractivity contribution in [2.45, 2.75) is 12.5 Å². The minimum Gasteiger partial charge on any atom is -0.480 e. The molecule has 0 saturated carbocycles. The molecule has 0 aliphatic rings. The van der Waals surface area contributed by atoms with Gasteiger partial charge in [-0.3, -0.25) is 10.1 Å². The predicted octanol–water partition coefficient (Wildman–Crippen LogP) is 3.62. The van der Waals surface area contributed by atoms with Crippen molar-refractivity contribution in [2.24, 2.45) is 0 Å². The van der Waals surface area contributed by atoms with Gasteiger partial charge in [-0.1, -0.05) is 12.1 Å². The molecule has 1 atom stereocenters. The van der Waals surface area contributed by atoms with Crippen molar-refractivity contribution in [1.29, 1.82) is 0 Å². The van der Waals surface area contributed by atoms with Gasteiger partial charge in [-0.15, -0.1) is 0 Å². The Kier molecular flexibility index (Phi) is 7.14. The second kappa shape index (κ2) is 9.12. The van der Waals surface area contributed by atoms with E-state index in [0.717, 1.165) is 12.7 Å². The maximum atomic E-state index is 12.1. The molecule has 0 heterocycles. The summed E-state index contributed by atoms with van der Waals surface area (Å²) in [6.07, 6.45) is 0.137. The third kappa shape index (κ3) is 5.52. The van der Waals surface area contributed by atoms with E-state index in [-0.39, 0.29) is 12.1 Å². The van der Waals surface area contributed by atoms with Crippen LogP contribution >= 0.6 is 45.2 Å². The molecule has 26 heavy (non-hydrogen) atoms. The summed E-state index contributed by atoms with van der Waals surface area (Å²) in [5, 5.41) is 24.9. The van der Waals surface area contributed by atoms with E-state index >= 15 is 0 Å². The molecule has 2 rings (SSSR count). The number of nitrogens with zero attached hydrogens (tertiary/aromatic N) is 1. The number of nitro benzene ring substituents is 1. The molecule has 136 valence electrons. The van der Waals surface area contributed by atoms with E-state index in [1.165, 1.54) is 24.3 Å². The van der Waals surface area contributed by atoms with Crippen molar-refractivity contribution in [2.75, 3.05) is 5.32 Å². The second-order valence-electron chi connectivity index (χ2n) is 5.21. The van der Waals surface area contributed by atoms with Gasteiger partial charge >= 0.3 is 12.0 Å². The lowest BCUT2D eigenvalue weighted by Gasteiger charge is -2.16. The number of halogens is 2. The first-order valence-electron chi connectivity index (χ1n) is 7.25. The van der Waals surface area contributed by atoms with Crippen molar-refractivity contribution in [3.8, 4) is 0 Å². The van der Waals surface area contributed by atoms with Crippen LogP contribution in [0.5, 0.6) is 0 Å². The molecule has 0 saturated heterocycles. The Morgan fingerprint density at radius 3 is 2.38 bits per heavy atom. The third-order valence-electron chi connectivity index (χ3n) is 3.40. The molecule has 3 N–H and O–H groups in total. The molecule has 0 spiro atoms. The fourth-order valence-electron chi connectivity index (χ4n) is 2.12. The molecule has 0 radical (unpaired) electrons. The van der Waals surface area contributed by atoms with Gasteiger partial charge in [0.15, 0.2) is 0 Å². The van der Waals surface area contributed by atoms with E-state index in [1.54, 1.807) is 0 Å². The number of carbonyl (C=O) groups excluding carboxylic acids is 1. The highest BCUT2D eigenvalue weighted by atomic mass is 127. The van der Waals surface area contributed by atoms with Crippen LogP contribution in [-0.4, -0.2) is 28.1 Å². The van der Waals surface area contributed by atoms with Gasteiger partial charge in [0.25, 0.3) is 5.69 Å². The number of benzene rings is 2. The molecule has 8 nitrogen and oxygen atoms in total. The highest BCUT2D eigenvalue weighted by Gasteiger charge is 2.22. The Labute approximate surface area is 175 Å². The van der Waals surface area contributed by atoms with Gasteiger partial charge < -0.3 is 15.7 Å². The number of hydrogen-bond acceptors (Lipinski definition) is 4. The number of anilines is 1. The number of nitro groups is 1. The van der Waals surface area contributed by atoms with E-state index in [0.29, 0.717) is 5.69 Å².